The molecular formula is C14H25NO5. The molecule has 0 aliphatic carbocycles. The van der Waals surface area contributed by atoms with Crippen molar-refractivity contribution in [3.05, 3.63) is 0 Å². The lowest BCUT2D eigenvalue weighted by Gasteiger charge is -2.36. The lowest BCUT2D eigenvalue weighted by Crippen LogP contribution is -2.56. The molecule has 1 saturated heterocycles. The van der Waals surface area contributed by atoms with Crippen LogP contribution in [0.2, 0.25) is 0 Å². The third-order valence-corrected chi connectivity index (χ3v) is 2.95. The Hall–Kier alpha value is -1.30. The Labute approximate surface area is 120 Å². The van der Waals surface area contributed by atoms with Gasteiger partial charge < -0.3 is 14.2 Å². The molecule has 1 rings (SSSR count). The molecule has 0 N–H and O–H groups in total. The van der Waals surface area contributed by atoms with Crippen molar-refractivity contribution in [1.29, 1.82) is 0 Å². The van der Waals surface area contributed by atoms with E-state index in [4.69, 9.17) is 14.2 Å². The van der Waals surface area contributed by atoms with Crippen LogP contribution in [0.3, 0.4) is 0 Å². The van der Waals surface area contributed by atoms with E-state index in [0.717, 1.165) is 0 Å². The first-order valence-corrected chi connectivity index (χ1v) is 6.89. The fourth-order valence-corrected chi connectivity index (χ4v) is 2.16. The van der Waals surface area contributed by atoms with Crippen molar-refractivity contribution in [1.82, 2.24) is 4.90 Å². The molecule has 1 atom stereocenters. The van der Waals surface area contributed by atoms with E-state index in [1.54, 1.807) is 34.6 Å². The molecule has 6 nitrogen and oxygen atoms in total. The minimum Gasteiger partial charge on any atom is -0.459 e. The van der Waals surface area contributed by atoms with Crippen molar-refractivity contribution in [2.75, 3.05) is 13.7 Å². The zero-order chi connectivity index (χ0) is 15.6. The fraction of sp³-hybridized carbons (Fsp3) is 0.857. The van der Waals surface area contributed by atoms with Crippen LogP contribution in [-0.4, -0.2) is 48.0 Å². The van der Waals surface area contributed by atoms with Gasteiger partial charge in [0.25, 0.3) is 0 Å². The molecule has 0 spiro atoms. The summed E-state index contributed by atoms with van der Waals surface area (Å²) in [6, 6.07) is 0. The Kier molecular flexibility index (Phi) is 5.02. The van der Waals surface area contributed by atoms with Crippen LogP contribution < -0.4 is 0 Å². The highest BCUT2D eigenvalue weighted by molar-refractivity contribution is 5.85. The highest BCUT2D eigenvalue weighted by Crippen LogP contribution is 2.33. The number of esters is 1. The Bertz CT molecular complexity index is 374. The molecule has 0 radical (unpaired) electrons. The molecule has 6 heteroatoms. The van der Waals surface area contributed by atoms with Crippen LogP contribution in [0.15, 0.2) is 0 Å². The van der Waals surface area contributed by atoms with Crippen molar-refractivity contribution < 1.29 is 23.8 Å². The monoisotopic (exact) mass is 287 g/mol. The van der Waals surface area contributed by atoms with Gasteiger partial charge in [0, 0.05) is 20.1 Å². The Morgan fingerprint density at radius 3 is 2.30 bits per heavy atom. The lowest BCUT2D eigenvalue weighted by molar-refractivity contribution is -0.191. The van der Waals surface area contributed by atoms with Gasteiger partial charge in [0.15, 0.2) is 0 Å². The molecule has 1 amide bonds. The summed E-state index contributed by atoms with van der Waals surface area (Å²) in [5.41, 5.74) is -1.99. The first kappa shape index (κ1) is 16.8. The molecule has 0 bridgehead atoms. The number of carbonyl (C=O) groups is 2. The van der Waals surface area contributed by atoms with E-state index in [1.165, 1.54) is 12.0 Å². The molecule has 0 saturated carbocycles. The van der Waals surface area contributed by atoms with E-state index in [2.05, 4.69) is 0 Å². The molecule has 0 aromatic heterocycles. The van der Waals surface area contributed by atoms with Crippen LogP contribution in [-0.2, 0) is 19.0 Å². The van der Waals surface area contributed by atoms with Crippen molar-refractivity contribution >= 4 is 12.1 Å². The van der Waals surface area contributed by atoms with Crippen molar-refractivity contribution in [3.8, 4) is 0 Å². The highest BCUT2D eigenvalue weighted by atomic mass is 16.6. The maximum absolute atomic E-state index is 12.3. The summed E-state index contributed by atoms with van der Waals surface area (Å²) < 4.78 is 15.9. The second-order valence-corrected chi connectivity index (χ2v) is 6.18. The average molecular weight is 287 g/mol. The van der Waals surface area contributed by atoms with Crippen LogP contribution in [0.1, 0.15) is 47.5 Å². The number of nitrogens with zero attached hydrogens (tertiary/aromatic N) is 1. The van der Waals surface area contributed by atoms with E-state index in [1.807, 2.05) is 0 Å². The molecule has 1 fully saturated rings. The minimum absolute atomic E-state index is 0.268. The summed E-state index contributed by atoms with van der Waals surface area (Å²) in [6.07, 6.45) is 0.252. The van der Waals surface area contributed by atoms with Gasteiger partial charge in [0.1, 0.15) is 5.60 Å². The largest absolute Gasteiger partial charge is 0.459 e. The number of ether oxygens (including phenoxy) is 3. The van der Waals surface area contributed by atoms with Gasteiger partial charge in [0.05, 0.1) is 6.10 Å². The SMILES string of the molecule is CO[C@@]1(C(=O)OC(C)C)CCCN1C(=O)OC(C)(C)C. The van der Waals surface area contributed by atoms with Gasteiger partial charge in [0.2, 0.25) is 5.72 Å². The van der Waals surface area contributed by atoms with Crippen molar-refractivity contribution in [2.45, 2.75) is 64.9 Å². The maximum atomic E-state index is 12.3. The summed E-state index contributed by atoms with van der Waals surface area (Å²) in [7, 11) is 1.41. The number of hydrogen-bond acceptors (Lipinski definition) is 5. The molecular weight excluding hydrogens is 262 g/mol. The summed E-state index contributed by atoms with van der Waals surface area (Å²) in [5, 5.41) is 0. The lowest BCUT2D eigenvalue weighted by atomic mass is 10.1. The Morgan fingerprint density at radius 2 is 1.85 bits per heavy atom. The average Bonchev–Trinajstić information content (AvgIpc) is 2.70. The maximum Gasteiger partial charge on any atom is 0.413 e. The Morgan fingerprint density at radius 1 is 1.25 bits per heavy atom. The van der Waals surface area contributed by atoms with Crippen LogP contribution >= 0.6 is 0 Å². The normalized spacial score (nSPS) is 23.1. The van der Waals surface area contributed by atoms with Crippen LogP contribution in [0.5, 0.6) is 0 Å². The van der Waals surface area contributed by atoms with Gasteiger partial charge in [-0.05, 0) is 41.0 Å². The zero-order valence-corrected chi connectivity index (χ0v) is 13.2. The van der Waals surface area contributed by atoms with E-state index < -0.39 is 23.4 Å². The summed E-state index contributed by atoms with van der Waals surface area (Å²) in [4.78, 5) is 25.9. The predicted octanol–water partition coefficient (Wildman–Crippen LogP) is 2.31. The first-order chi connectivity index (χ1) is 9.12. The third-order valence-electron chi connectivity index (χ3n) is 2.95. The first-order valence-electron chi connectivity index (χ1n) is 6.89. The second-order valence-electron chi connectivity index (χ2n) is 6.18. The second kappa shape index (κ2) is 5.99. The highest BCUT2D eigenvalue weighted by Gasteiger charge is 2.53. The summed E-state index contributed by atoms with van der Waals surface area (Å²) in [6.45, 7) is 9.27. The van der Waals surface area contributed by atoms with Gasteiger partial charge in [-0.1, -0.05) is 0 Å². The molecule has 0 aromatic carbocycles. The van der Waals surface area contributed by atoms with E-state index in [-0.39, 0.29) is 6.10 Å². The Balaban J connectivity index is 2.94. The van der Waals surface area contributed by atoms with Crippen molar-refractivity contribution in [3.63, 3.8) is 0 Å². The standard InChI is InChI=1S/C14H25NO5/c1-10(2)19-11(16)14(18-6)8-7-9-15(14)12(17)20-13(3,4)5/h10H,7-9H2,1-6H3/t14-/m1/s1. The predicted molar refractivity (Wildman–Crippen MR) is 73.1 cm³/mol. The number of carbonyl (C=O) groups excluding carboxylic acids is 2. The molecule has 0 unspecified atom stereocenters. The minimum atomic E-state index is -1.37. The van der Waals surface area contributed by atoms with Gasteiger partial charge in [-0.25, -0.2) is 9.59 Å². The van der Waals surface area contributed by atoms with Crippen molar-refractivity contribution in [2.24, 2.45) is 0 Å². The molecule has 1 aliphatic rings. The van der Waals surface area contributed by atoms with Gasteiger partial charge in [-0.3, -0.25) is 4.90 Å². The van der Waals surface area contributed by atoms with E-state index in [0.29, 0.717) is 19.4 Å². The molecule has 1 heterocycles. The third kappa shape index (κ3) is 3.62. The quantitative estimate of drug-likeness (QED) is 0.745. The van der Waals surface area contributed by atoms with Crippen LogP contribution in [0.4, 0.5) is 4.79 Å². The van der Waals surface area contributed by atoms with Gasteiger partial charge in [-0.15, -0.1) is 0 Å². The van der Waals surface area contributed by atoms with Crippen LogP contribution in [0.25, 0.3) is 0 Å². The number of hydrogen-bond donors (Lipinski definition) is 0. The van der Waals surface area contributed by atoms with Gasteiger partial charge >= 0.3 is 12.1 Å². The fourth-order valence-electron chi connectivity index (χ4n) is 2.16. The van der Waals surface area contributed by atoms with E-state index in [9.17, 15) is 9.59 Å². The van der Waals surface area contributed by atoms with Crippen LogP contribution in [0, 0.1) is 0 Å². The number of amides is 1. The topological polar surface area (TPSA) is 65.1 Å². The summed E-state index contributed by atoms with van der Waals surface area (Å²) in [5.74, 6) is -0.543. The molecule has 20 heavy (non-hydrogen) atoms. The molecule has 116 valence electrons. The summed E-state index contributed by atoms with van der Waals surface area (Å²) >= 11 is 0. The smallest absolute Gasteiger partial charge is 0.413 e. The molecule has 0 aromatic rings. The van der Waals surface area contributed by atoms with Gasteiger partial charge in [-0.2, -0.15) is 0 Å². The number of methoxy groups -OCH3 is 1. The van der Waals surface area contributed by atoms with E-state index >= 15 is 0 Å². The molecule has 1 aliphatic heterocycles. The number of likely N-dealkylation sites (tertiary alicyclic amines) is 1. The number of rotatable bonds is 3. The zero-order valence-electron chi connectivity index (χ0n) is 13.2.